The van der Waals surface area contributed by atoms with E-state index < -0.39 is 0 Å². The van der Waals surface area contributed by atoms with E-state index in [0.29, 0.717) is 12.4 Å². The average molecular weight is 280 g/mol. The van der Waals surface area contributed by atoms with Crippen LogP contribution in [0.3, 0.4) is 0 Å². The summed E-state index contributed by atoms with van der Waals surface area (Å²) in [4.78, 5) is 24.6. The molecule has 0 radical (unpaired) electrons. The molecule has 7 heteroatoms. The van der Waals surface area contributed by atoms with Gasteiger partial charge < -0.3 is 9.21 Å². The van der Waals surface area contributed by atoms with Crippen LogP contribution in [-0.2, 0) is 9.59 Å². The molecule has 0 aliphatic carbocycles. The third-order valence-electron chi connectivity index (χ3n) is 3.28. The molecule has 1 aromatic rings. The van der Waals surface area contributed by atoms with Crippen molar-refractivity contribution < 1.29 is 14.0 Å². The first-order chi connectivity index (χ1) is 9.58. The lowest BCUT2D eigenvalue weighted by atomic mass is 10.00. The van der Waals surface area contributed by atoms with E-state index in [2.05, 4.69) is 15.5 Å². The van der Waals surface area contributed by atoms with Gasteiger partial charge in [0.15, 0.2) is 0 Å². The van der Waals surface area contributed by atoms with Gasteiger partial charge in [0, 0.05) is 18.4 Å². The van der Waals surface area contributed by atoms with Gasteiger partial charge in [0.2, 0.25) is 11.8 Å². The van der Waals surface area contributed by atoms with Gasteiger partial charge in [-0.2, -0.15) is 0 Å². The summed E-state index contributed by atoms with van der Waals surface area (Å²) in [6.45, 7) is 5.58. The van der Waals surface area contributed by atoms with E-state index in [9.17, 15) is 9.59 Å². The Morgan fingerprint density at radius 1 is 1.55 bits per heavy atom. The molecule has 20 heavy (non-hydrogen) atoms. The highest BCUT2D eigenvalue weighted by Crippen LogP contribution is 2.16. The standard InChI is InChI=1S/C13H20N4O3/c1-9(2)12-15-16-13(20-12)14-11(19)7-17-5-3-4-10(6-17)8-18/h8-10H,3-7H2,1-2H3,(H,14,16,19). The van der Waals surface area contributed by atoms with Crippen molar-refractivity contribution in [1.82, 2.24) is 15.1 Å². The number of carbonyl (C=O) groups is 2. The van der Waals surface area contributed by atoms with Crippen molar-refractivity contribution in [2.45, 2.75) is 32.6 Å². The molecule has 2 rings (SSSR count). The molecule has 1 aromatic heterocycles. The van der Waals surface area contributed by atoms with Gasteiger partial charge in [0.05, 0.1) is 6.54 Å². The number of hydrogen-bond donors (Lipinski definition) is 1. The van der Waals surface area contributed by atoms with E-state index in [-0.39, 0.29) is 30.3 Å². The highest BCUT2D eigenvalue weighted by Gasteiger charge is 2.21. The second kappa shape index (κ2) is 6.60. The van der Waals surface area contributed by atoms with Crippen molar-refractivity contribution in [1.29, 1.82) is 0 Å². The number of aldehydes is 1. The van der Waals surface area contributed by atoms with E-state index in [1.807, 2.05) is 18.7 Å². The fourth-order valence-corrected chi connectivity index (χ4v) is 2.23. The van der Waals surface area contributed by atoms with E-state index in [1.165, 1.54) is 0 Å². The average Bonchev–Trinajstić information content (AvgIpc) is 2.87. The number of likely N-dealkylation sites (tertiary alicyclic amines) is 1. The summed E-state index contributed by atoms with van der Waals surface area (Å²) in [6.07, 6.45) is 2.81. The topological polar surface area (TPSA) is 88.3 Å². The Labute approximate surface area is 117 Å². The van der Waals surface area contributed by atoms with Crippen LogP contribution in [0.4, 0.5) is 6.01 Å². The van der Waals surface area contributed by atoms with E-state index in [4.69, 9.17) is 4.42 Å². The summed E-state index contributed by atoms with van der Waals surface area (Å²) >= 11 is 0. The van der Waals surface area contributed by atoms with Gasteiger partial charge in [-0.05, 0) is 19.4 Å². The number of nitrogens with zero attached hydrogens (tertiary/aromatic N) is 3. The molecule has 2 heterocycles. The van der Waals surface area contributed by atoms with Gasteiger partial charge in [0.25, 0.3) is 0 Å². The largest absolute Gasteiger partial charge is 0.408 e. The molecule has 0 spiro atoms. The number of rotatable bonds is 5. The van der Waals surface area contributed by atoms with Crippen LogP contribution in [0.1, 0.15) is 38.5 Å². The predicted molar refractivity (Wildman–Crippen MR) is 72.2 cm³/mol. The van der Waals surface area contributed by atoms with Crippen molar-refractivity contribution >= 4 is 18.2 Å². The summed E-state index contributed by atoms with van der Waals surface area (Å²) in [5.74, 6) is 0.464. The zero-order chi connectivity index (χ0) is 14.5. The Hall–Kier alpha value is -1.76. The molecular formula is C13H20N4O3. The lowest BCUT2D eigenvalue weighted by Crippen LogP contribution is -2.40. The number of nitrogens with one attached hydrogen (secondary N) is 1. The van der Waals surface area contributed by atoms with Crippen molar-refractivity contribution in [3.05, 3.63) is 5.89 Å². The van der Waals surface area contributed by atoms with Gasteiger partial charge in [-0.3, -0.25) is 15.0 Å². The first-order valence-corrected chi connectivity index (χ1v) is 6.89. The van der Waals surface area contributed by atoms with Crippen molar-refractivity contribution in [3.8, 4) is 0 Å². The molecule has 1 saturated heterocycles. The fraction of sp³-hybridized carbons (Fsp3) is 0.692. The molecular weight excluding hydrogens is 260 g/mol. The van der Waals surface area contributed by atoms with Gasteiger partial charge >= 0.3 is 6.01 Å². The fourth-order valence-electron chi connectivity index (χ4n) is 2.23. The minimum atomic E-state index is -0.199. The molecule has 1 aliphatic rings. The number of anilines is 1. The maximum atomic E-state index is 11.9. The second-order valence-electron chi connectivity index (χ2n) is 5.42. The van der Waals surface area contributed by atoms with E-state index in [1.54, 1.807) is 0 Å². The monoisotopic (exact) mass is 280 g/mol. The number of amides is 1. The Morgan fingerprint density at radius 2 is 2.35 bits per heavy atom. The van der Waals surface area contributed by atoms with Gasteiger partial charge in [0.1, 0.15) is 6.29 Å². The number of carbonyl (C=O) groups excluding carboxylic acids is 2. The second-order valence-corrected chi connectivity index (χ2v) is 5.42. The molecule has 0 bridgehead atoms. The van der Waals surface area contributed by atoms with Crippen LogP contribution in [0, 0.1) is 5.92 Å². The molecule has 1 atom stereocenters. The summed E-state index contributed by atoms with van der Waals surface area (Å²) < 4.78 is 5.32. The third kappa shape index (κ3) is 3.86. The van der Waals surface area contributed by atoms with Crippen LogP contribution in [0.5, 0.6) is 0 Å². The van der Waals surface area contributed by atoms with E-state index >= 15 is 0 Å². The molecule has 1 aliphatic heterocycles. The van der Waals surface area contributed by atoms with Crippen molar-refractivity contribution in [3.63, 3.8) is 0 Å². The van der Waals surface area contributed by atoms with Gasteiger partial charge in [-0.25, -0.2) is 0 Å². The summed E-state index contributed by atoms with van der Waals surface area (Å²) in [7, 11) is 0. The van der Waals surface area contributed by atoms with E-state index in [0.717, 1.165) is 25.7 Å². The Balaban J connectivity index is 1.83. The maximum absolute atomic E-state index is 11.9. The Morgan fingerprint density at radius 3 is 3.00 bits per heavy atom. The lowest BCUT2D eigenvalue weighted by Gasteiger charge is -2.29. The molecule has 0 saturated carbocycles. The summed E-state index contributed by atoms with van der Waals surface area (Å²) in [5, 5.41) is 10.2. The van der Waals surface area contributed by atoms with Crippen LogP contribution in [-0.4, -0.2) is 46.9 Å². The SMILES string of the molecule is CC(C)c1nnc(NC(=O)CN2CCCC(C=O)C2)o1. The van der Waals surface area contributed by atoms with Crippen LogP contribution in [0.25, 0.3) is 0 Å². The molecule has 7 nitrogen and oxygen atoms in total. The quantitative estimate of drug-likeness (QED) is 0.811. The number of piperidine rings is 1. The number of hydrogen-bond acceptors (Lipinski definition) is 6. The Kier molecular flexibility index (Phi) is 4.84. The van der Waals surface area contributed by atoms with Crippen molar-refractivity contribution in [2.75, 3.05) is 25.0 Å². The minimum Gasteiger partial charge on any atom is -0.408 e. The van der Waals surface area contributed by atoms with Crippen LogP contribution < -0.4 is 5.32 Å². The zero-order valence-corrected chi connectivity index (χ0v) is 11.8. The van der Waals surface area contributed by atoms with Crippen LogP contribution in [0.15, 0.2) is 4.42 Å². The Bertz CT molecular complexity index is 472. The smallest absolute Gasteiger partial charge is 0.322 e. The molecule has 1 amide bonds. The maximum Gasteiger partial charge on any atom is 0.322 e. The van der Waals surface area contributed by atoms with Crippen LogP contribution >= 0.6 is 0 Å². The molecule has 1 N–H and O–H groups in total. The predicted octanol–water partition coefficient (Wildman–Crippen LogP) is 1.04. The number of aromatic nitrogens is 2. The lowest BCUT2D eigenvalue weighted by molar-refractivity contribution is -0.119. The first-order valence-electron chi connectivity index (χ1n) is 6.89. The van der Waals surface area contributed by atoms with Crippen molar-refractivity contribution in [2.24, 2.45) is 5.92 Å². The molecule has 1 unspecified atom stereocenters. The summed E-state index contributed by atoms with van der Waals surface area (Å²) in [5.41, 5.74) is 0. The normalized spacial score (nSPS) is 20.1. The molecule has 110 valence electrons. The van der Waals surface area contributed by atoms with Gasteiger partial charge in [-0.15, -0.1) is 5.10 Å². The molecule has 0 aromatic carbocycles. The molecule has 1 fully saturated rings. The zero-order valence-electron chi connectivity index (χ0n) is 11.8. The van der Waals surface area contributed by atoms with Crippen LogP contribution in [0.2, 0.25) is 0 Å². The van der Waals surface area contributed by atoms with Gasteiger partial charge in [-0.1, -0.05) is 18.9 Å². The third-order valence-corrected chi connectivity index (χ3v) is 3.28. The first kappa shape index (κ1) is 14.6. The minimum absolute atomic E-state index is 0.0347. The highest BCUT2D eigenvalue weighted by molar-refractivity contribution is 5.90. The highest BCUT2D eigenvalue weighted by atomic mass is 16.4. The summed E-state index contributed by atoms with van der Waals surface area (Å²) in [6, 6.07) is 0.127.